The molecule has 2 fully saturated rings. The monoisotopic (exact) mass is 397 g/mol. The molecule has 1 atom stereocenters. The Balaban J connectivity index is 1.68. The molecule has 2 aliphatic rings. The summed E-state index contributed by atoms with van der Waals surface area (Å²) in [5.41, 5.74) is 5.24. The molecule has 1 aromatic rings. The zero-order chi connectivity index (χ0) is 19.8. The van der Waals surface area contributed by atoms with Crippen molar-refractivity contribution in [2.45, 2.75) is 41.9 Å². The molecule has 2 saturated heterocycles. The Morgan fingerprint density at radius 1 is 1.11 bits per heavy atom. The third-order valence-corrected chi connectivity index (χ3v) is 7.73. The van der Waals surface area contributed by atoms with Crippen LogP contribution in [0.1, 0.15) is 26.2 Å². The minimum atomic E-state index is -3.65. The Morgan fingerprint density at radius 2 is 1.70 bits per heavy atom. The number of carbonyl (C=O) groups is 2. The van der Waals surface area contributed by atoms with Crippen molar-refractivity contribution in [2.24, 2.45) is 5.73 Å². The minimum Gasteiger partial charge on any atom is -0.343 e. The van der Waals surface area contributed by atoms with E-state index in [-0.39, 0.29) is 23.3 Å². The second-order valence-electron chi connectivity index (χ2n) is 7.32. The molecule has 7 nitrogen and oxygen atoms in total. The Hall–Kier alpha value is -2.00. The molecule has 0 saturated carbocycles. The zero-order valence-electron chi connectivity index (χ0n) is 15.2. The SMILES string of the molecule is CC(=O)N1CCC(N)(C(=O)N2CCC(S(=O)(=O)c3ccc(F)cc3)C2)CC1. The number of sulfone groups is 1. The fourth-order valence-electron chi connectivity index (χ4n) is 3.73. The second kappa shape index (κ2) is 7.20. The predicted molar refractivity (Wildman–Crippen MR) is 97.0 cm³/mol. The molecule has 1 unspecified atom stereocenters. The summed E-state index contributed by atoms with van der Waals surface area (Å²) in [5.74, 6) is -0.808. The van der Waals surface area contributed by atoms with Gasteiger partial charge in [-0.2, -0.15) is 0 Å². The summed E-state index contributed by atoms with van der Waals surface area (Å²) in [5, 5.41) is -0.729. The number of carbonyl (C=O) groups excluding carboxylic acids is 2. The number of benzene rings is 1. The van der Waals surface area contributed by atoms with Gasteiger partial charge in [-0.25, -0.2) is 12.8 Å². The lowest BCUT2D eigenvalue weighted by molar-refractivity contribution is -0.140. The van der Waals surface area contributed by atoms with Gasteiger partial charge in [-0.3, -0.25) is 9.59 Å². The lowest BCUT2D eigenvalue weighted by Crippen LogP contribution is -2.60. The molecule has 2 amide bonds. The first-order valence-electron chi connectivity index (χ1n) is 8.97. The molecule has 2 aliphatic heterocycles. The summed E-state index contributed by atoms with van der Waals surface area (Å²) in [6.07, 6.45) is 1.04. The number of amides is 2. The highest BCUT2D eigenvalue weighted by molar-refractivity contribution is 7.92. The quantitative estimate of drug-likeness (QED) is 0.751. The highest BCUT2D eigenvalue weighted by Gasteiger charge is 2.44. The van der Waals surface area contributed by atoms with Crippen LogP contribution in [0.3, 0.4) is 0 Å². The average molecular weight is 397 g/mol. The third-order valence-electron chi connectivity index (χ3n) is 5.54. The van der Waals surface area contributed by atoms with E-state index in [1.165, 1.54) is 24.0 Å². The van der Waals surface area contributed by atoms with Crippen LogP contribution < -0.4 is 5.73 Å². The Morgan fingerprint density at radius 3 is 2.26 bits per heavy atom. The Labute approximate surface area is 158 Å². The lowest BCUT2D eigenvalue weighted by Gasteiger charge is -2.39. The molecule has 0 aliphatic carbocycles. The van der Waals surface area contributed by atoms with E-state index in [1.807, 2.05) is 0 Å². The molecule has 3 rings (SSSR count). The molecule has 27 heavy (non-hydrogen) atoms. The van der Waals surface area contributed by atoms with Gasteiger partial charge in [-0.05, 0) is 43.5 Å². The van der Waals surface area contributed by atoms with Crippen LogP contribution in [-0.4, -0.2) is 67.0 Å². The number of piperidine rings is 1. The van der Waals surface area contributed by atoms with Crippen molar-refractivity contribution >= 4 is 21.7 Å². The standard InChI is InChI=1S/C18H24FN3O4S/c1-13(23)21-10-7-18(20,8-11-21)17(24)22-9-6-16(12-22)27(25,26)15-4-2-14(19)3-5-15/h2-5,16H,6-12,20H2,1H3. The maximum atomic E-state index is 13.1. The predicted octanol–water partition coefficient (Wildman–Crippen LogP) is 0.540. The second-order valence-corrected chi connectivity index (χ2v) is 9.55. The normalized spacial score (nSPS) is 22.7. The number of nitrogens with zero attached hydrogens (tertiary/aromatic N) is 2. The number of likely N-dealkylation sites (tertiary alicyclic amines) is 2. The minimum absolute atomic E-state index is 0.0453. The van der Waals surface area contributed by atoms with Crippen molar-refractivity contribution in [1.29, 1.82) is 0 Å². The van der Waals surface area contributed by atoms with Gasteiger partial charge in [-0.1, -0.05) is 0 Å². The van der Waals surface area contributed by atoms with Crippen molar-refractivity contribution in [3.63, 3.8) is 0 Å². The lowest BCUT2D eigenvalue weighted by atomic mass is 9.87. The fourth-order valence-corrected chi connectivity index (χ4v) is 5.42. The molecular weight excluding hydrogens is 373 g/mol. The van der Waals surface area contributed by atoms with Crippen LogP contribution >= 0.6 is 0 Å². The average Bonchev–Trinajstić information content (AvgIpc) is 3.12. The fraction of sp³-hybridized carbons (Fsp3) is 0.556. The van der Waals surface area contributed by atoms with Gasteiger partial charge in [0.05, 0.1) is 15.7 Å². The third kappa shape index (κ3) is 3.84. The van der Waals surface area contributed by atoms with Crippen LogP contribution in [0.25, 0.3) is 0 Å². The van der Waals surface area contributed by atoms with Crippen molar-refractivity contribution in [3.8, 4) is 0 Å². The van der Waals surface area contributed by atoms with E-state index in [0.717, 1.165) is 12.1 Å². The largest absolute Gasteiger partial charge is 0.343 e. The molecule has 2 N–H and O–H groups in total. The Bertz CT molecular complexity index is 833. The summed E-state index contributed by atoms with van der Waals surface area (Å²) in [4.78, 5) is 27.6. The topological polar surface area (TPSA) is 101 Å². The van der Waals surface area contributed by atoms with Gasteiger partial charge in [0.2, 0.25) is 11.8 Å². The first-order valence-corrected chi connectivity index (χ1v) is 10.5. The van der Waals surface area contributed by atoms with Gasteiger partial charge >= 0.3 is 0 Å². The van der Waals surface area contributed by atoms with Gasteiger partial charge in [0.25, 0.3) is 0 Å². The van der Waals surface area contributed by atoms with Crippen LogP contribution in [0.2, 0.25) is 0 Å². The highest BCUT2D eigenvalue weighted by atomic mass is 32.2. The first-order chi connectivity index (χ1) is 12.6. The molecule has 148 valence electrons. The summed E-state index contributed by atoms with van der Waals surface area (Å²) in [6.45, 7) is 2.72. The first kappa shape index (κ1) is 19.8. The van der Waals surface area contributed by atoms with E-state index in [1.54, 1.807) is 4.90 Å². The van der Waals surface area contributed by atoms with E-state index < -0.39 is 26.4 Å². The van der Waals surface area contributed by atoms with Gasteiger partial charge in [-0.15, -0.1) is 0 Å². The molecule has 0 bridgehead atoms. The van der Waals surface area contributed by atoms with Gasteiger partial charge in [0.1, 0.15) is 5.82 Å². The van der Waals surface area contributed by atoms with Crippen molar-refractivity contribution in [1.82, 2.24) is 9.80 Å². The summed E-state index contributed by atoms with van der Waals surface area (Å²) >= 11 is 0. The number of halogens is 1. The van der Waals surface area contributed by atoms with E-state index >= 15 is 0 Å². The summed E-state index contributed by atoms with van der Waals surface area (Å²) in [6, 6.07) is 4.72. The van der Waals surface area contributed by atoms with E-state index in [4.69, 9.17) is 5.73 Å². The van der Waals surface area contributed by atoms with Crippen molar-refractivity contribution in [3.05, 3.63) is 30.1 Å². The number of rotatable bonds is 3. The Kier molecular flexibility index (Phi) is 5.27. The summed E-state index contributed by atoms with van der Waals surface area (Å²) < 4.78 is 38.6. The molecule has 2 heterocycles. The molecule has 0 radical (unpaired) electrons. The van der Waals surface area contributed by atoms with Crippen LogP contribution in [-0.2, 0) is 19.4 Å². The molecule has 1 aromatic carbocycles. The number of hydrogen-bond donors (Lipinski definition) is 1. The number of hydrogen-bond acceptors (Lipinski definition) is 5. The summed E-state index contributed by atoms with van der Waals surface area (Å²) in [7, 11) is -3.65. The van der Waals surface area contributed by atoms with Gasteiger partial charge < -0.3 is 15.5 Å². The van der Waals surface area contributed by atoms with Gasteiger partial charge in [0, 0.05) is 33.1 Å². The zero-order valence-corrected chi connectivity index (χ0v) is 16.0. The van der Waals surface area contributed by atoms with Crippen molar-refractivity contribution in [2.75, 3.05) is 26.2 Å². The van der Waals surface area contributed by atoms with Crippen LogP contribution in [0.4, 0.5) is 4.39 Å². The smallest absolute Gasteiger partial charge is 0.242 e. The maximum Gasteiger partial charge on any atom is 0.242 e. The van der Waals surface area contributed by atoms with Crippen LogP contribution in [0, 0.1) is 5.82 Å². The maximum absolute atomic E-state index is 13.1. The van der Waals surface area contributed by atoms with E-state index in [2.05, 4.69) is 0 Å². The van der Waals surface area contributed by atoms with Gasteiger partial charge in [0.15, 0.2) is 9.84 Å². The molecular formula is C18H24FN3O4S. The van der Waals surface area contributed by atoms with Crippen LogP contribution in [0.15, 0.2) is 29.2 Å². The van der Waals surface area contributed by atoms with Crippen molar-refractivity contribution < 1.29 is 22.4 Å². The number of nitrogens with two attached hydrogens (primary N) is 1. The van der Waals surface area contributed by atoms with Crippen LogP contribution in [0.5, 0.6) is 0 Å². The van der Waals surface area contributed by atoms with E-state index in [0.29, 0.717) is 38.9 Å². The van der Waals surface area contributed by atoms with E-state index in [9.17, 15) is 22.4 Å². The molecule has 9 heteroatoms. The molecule has 0 spiro atoms. The highest BCUT2D eigenvalue weighted by Crippen LogP contribution is 2.28. The molecule has 0 aromatic heterocycles.